The first-order valence-electron chi connectivity index (χ1n) is 10.3. The van der Waals surface area contributed by atoms with Gasteiger partial charge in [0.15, 0.2) is 0 Å². The molecule has 0 unspecified atom stereocenters. The van der Waals surface area contributed by atoms with Gasteiger partial charge in [0.1, 0.15) is 23.6 Å². The highest BCUT2D eigenvalue weighted by Gasteiger charge is 2.53. The molecule has 1 fully saturated rings. The standard InChI is InChI=1S/C22H22ClN5O3/c1-26-17-12-16-13-24-20(23)25-18(16)27(17)22(10-6-3-7-11-22)19(29)28(26)21(30)31-14-15-8-4-2-5-9-15/h2,4-5,8-9,12-13H,3,6-7,10-11,14H2,1H3. The first-order valence-corrected chi connectivity index (χ1v) is 10.7. The normalized spacial score (nSPS) is 17.8. The molecule has 31 heavy (non-hydrogen) atoms. The molecule has 0 radical (unpaired) electrons. The highest BCUT2D eigenvalue weighted by atomic mass is 35.5. The number of carbonyl (C=O) groups is 2. The molecule has 1 aliphatic carbocycles. The summed E-state index contributed by atoms with van der Waals surface area (Å²) in [6.07, 6.45) is 5.03. The fourth-order valence-corrected chi connectivity index (χ4v) is 4.83. The number of nitrogens with zero attached hydrogens (tertiary/aromatic N) is 5. The fraction of sp³-hybridized carbons (Fsp3) is 0.364. The van der Waals surface area contributed by atoms with Crippen LogP contribution >= 0.6 is 11.6 Å². The van der Waals surface area contributed by atoms with Gasteiger partial charge in [0.05, 0.1) is 0 Å². The predicted molar refractivity (Wildman–Crippen MR) is 115 cm³/mol. The van der Waals surface area contributed by atoms with Gasteiger partial charge in [0, 0.05) is 18.6 Å². The number of benzene rings is 1. The maximum atomic E-state index is 13.8. The third-order valence-corrected chi connectivity index (χ3v) is 6.38. The number of imide groups is 1. The van der Waals surface area contributed by atoms with Crippen LogP contribution in [0.4, 0.5) is 10.6 Å². The molecule has 0 atom stereocenters. The van der Waals surface area contributed by atoms with Crippen LogP contribution in [0.2, 0.25) is 5.28 Å². The molecule has 2 aliphatic rings. The molecule has 9 heteroatoms. The fourth-order valence-electron chi connectivity index (χ4n) is 4.71. The average molecular weight is 440 g/mol. The van der Waals surface area contributed by atoms with Crippen molar-refractivity contribution in [3.63, 3.8) is 0 Å². The molecule has 1 saturated carbocycles. The van der Waals surface area contributed by atoms with E-state index in [0.717, 1.165) is 35.2 Å². The number of rotatable bonds is 2. The summed E-state index contributed by atoms with van der Waals surface area (Å²) in [4.78, 5) is 35.4. The number of anilines is 1. The Hall–Kier alpha value is -3.13. The van der Waals surface area contributed by atoms with Crippen molar-refractivity contribution in [3.8, 4) is 0 Å². The molecular weight excluding hydrogens is 418 g/mol. The SMILES string of the molecule is CN1c2cc3cnc(Cl)nc3n2C2(CCCCC2)C(=O)N1C(=O)OCc1ccccc1. The van der Waals surface area contributed by atoms with E-state index >= 15 is 0 Å². The summed E-state index contributed by atoms with van der Waals surface area (Å²) in [5.74, 6) is 0.386. The van der Waals surface area contributed by atoms with Crippen molar-refractivity contribution in [3.05, 3.63) is 53.4 Å². The van der Waals surface area contributed by atoms with Gasteiger partial charge in [-0.1, -0.05) is 49.6 Å². The smallest absolute Gasteiger partial charge is 0.436 e. The number of hydrogen-bond donors (Lipinski definition) is 0. The van der Waals surface area contributed by atoms with Crippen molar-refractivity contribution in [1.82, 2.24) is 19.5 Å². The minimum Gasteiger partial charge on any atom is -0.443 e. The third kappa shape index (κ3) is 3.13. The number of hydrogen-bond acceptors (Lipinski definition) is 6. The molecule has 1 aromatic carbocycles. The maximum Gasteiger partial charge on any atom is 0.436 e. The van der Waals surface area contributed by atoms with Crippen LogP contribution in [-0.2, 0) is 21.7 Å². The molecule has 3 heterocycles. The Morgan fingerprint density at radius 3 is 2.68 bits per heavy atom. The first-order chi connectivity index (χ1) is 15.0. The van der Waals surface area contributed by atoms with Crippen molar-refractivity contribution < 1.29 is 14.3 Å². The zero-order chi connectivity index (χ0) is 21.6. The van der Waals surface area contributed by atoms with Gasteiger partial charge in [-0.2, -0.15) is 4.98 Å². The summed E-state index contributed by atoms with van der Waals surface area (Å²) in [5, 5.41) is 3.55. The largest absolute Gasteiger partial charge is 0.443 e. The van der Waals surface area contributed by atoms with E-state index in [2.05, 4.69) is 9.97 Å². The van der Waals surface area contributed by atoms with Crippen LogP contribution in [0, 0.1) is 0 Å². The number of fused-ring (bicyclic) bond motifs is 4. The van der Waals surface area contributed by atoms with E-state index in [1.54, 1.807) is 13.2 Å². The van der Waals surface area contributed by atoms with Crippen LogP contribution < -0.4 is 5.01 Å². The topological polar surface area (TPSA) is 80.6 Å². The number of hydrazine groups is 1. The Kier molecular flexibility index (Phi) is 4.81. The van der Waals surface area contributed by atoms with Crippen molar-refractivity contribution in [2.75, 3.05) is 12.1 Å². The molecule has 5 rings (SSSR count). The Labute approximate surface area is 184 Å². The quantitative estimate of drug-likeness (QED) is 0.554. The van der Waals surface area contributed by atoms with E-state index in [0.29, 0.717) is 24.3 Å². The lowest BCUT2D eigenvalue weighted by Crippen LogP contribution is -2.63. The predicted octanol–water partition coefficient (Wildman–Crippen LogP) is 4.27. The number of amides is 2. The molecule has 0 bridgehead atoms. The molecule has 8 nitrogen and oxygen atoms in total. The Balaban J connectivity index is 1.57. The van der Waals surface area contributed by atoms with E-state index in [1.807, 2.05) is 41.0 Å². The Morgan fingerprint density at radius 2 is 1.94 bits per heavy atom. The Morgan fingerprint density at radius 1 is 1.19 bits per heavy atom. The van der Waals surface area contributed by atoms with Crippen molar-refractivity contribution in [2.45, 2.75) is 44.2 Å². The minimum atomic E-state index is -0.898. The highest BCUT2D eigenvalue weighted by molar-refractivity contribution is 6.28. The van der Waals surface area contributed by atoms with E-state index in [1.165, 1.54) is 5.01 Å². The van der Waals surface area contributed by atoms with E-state index in [-0.39, 0.29) is 17.8 Å². The van der Waals surface area contributed by atoms with Crippen molar-refractivity contribution >= 4 is 40.5 Å². The van der Waals surface area contributed by atoms with Gasteiger partial charge < -0.3 is 4.74 Å². The van der Waals surface area contributed by atoms with Crippen molar-refractivity contribution in [1.29, 1.82) is 0 Å². The van der Waals surface area contributed by atoms with E-state index in [4.69, 9.17) is 16.3 Å². The molecule has 1 aliphatic heterocycles. The van der Waals surface area contributed by atoms with Gasteiger partial charge in [-0.25, -0.2) is 9.78 Å². The van der Waals surface area contributed by atoms with Gasteiger partial charge in [-0.05, 0) is 36.1 Å². The van der Waals surface area contributed by atoms with Crippen LogP contribution in [-0.4, -0.2) is 38.6 Å². The molecule has 0 saturated heterocycles. The van der Waals surface area contributed by atoms with Crippen LogP contribution in [0.3, 0.4) is 0 Å². The first kappa shape index (κ1) is 19.8. The summed E-state index contributed by atoms with van der Waals surface area (Å²) >= 11 is 6.08. The monoisotopic (exact) mass is 439 g/mol. The van der Waals surface area contributed by atoms with Crippen LogP contribution in [0.1, 0.15) is 37.7 Å². The van der Waals surface area contributed by atoms with E-state index in [9.17, 15) is 9.59 Å². The van der Waals surface area contributed by atoms with Gasteiger partial charge in [-0.3, -0.25) is 14.4 Å². The average Bonchev–Trinajstić information content (AvgIpc) is 3.17. The molecular formula is C22H22ClN5O3. The molecule has 0 N–H and O–H groups in total. The molecule has 1 spiro atoms. The van der Waals surface area contributed by atoms with Crippen molar-refractivity contribution in [2.24, 2.45) is 0 Å². The summed E-state index contributed by atoms with van der Waals surface area (Å²) in [5.41, 5.74) is 0.564. The summed E-state index contributed by atoms with van der Waals surface area (Å²) < 4.78 is 7.46. The highest BCUT2D eigenvalue weighted by Crippen LogP contribution is 2.46. The lowest BCUT2D eigenvalue weighted by atomic mass is 9.80. The zero-order valence-corrected chi connectivity index (χ0v) is 17.9. The van der Waals surface area contributed by atoms with Gasteiger partial charge in [0.25, 0.3) is 5.91 Å². The molecule has 2 aromatic heterocycles. The van der Waals surface area contributed by atoms with Gasteiger partial charge >= 0.3 is 6.09 Å². The van der Waals surface area contributed by atoms with Crippen LogP contribution in [0.15, 0.2) is 42.6 Å². The molecule has 3 aromatic rings. The Bertz CT molecular complexity index is 1160. The second-order valence-electron chi connectivity index (χ2n) is 8.03. The summed E-state index contributed by atoms with van der Waals surface area (Å²) in [7, 11) is 1.68. The number of halogens is 1. The second kappa shape index (κ2) is 7.53. The summed E-state index contributed by atoms with van der Waals surface area (Å²) in [6.45, 7) is 0.0916. The number of aromatic nitrogens is 3. The third-order valence-electron chi connectivity index (χ3n) is 6.20. The second-order valence-corrected chi connectivity index (χ2v) is 8.37. The van der Waals surface area contributed by atoms with Crippen LogP contribution in [0.25, 0.3) is 11.0 Å². The number of ether oxygens (including phenoxy) is 1. The van der Waals surface area contributed by atoms with E-state index < -0.39 is 11.6 Å². The lowest BCUT2D eigenvalue weighted by molar-refractivity contribution is -0.143. The number of carbonyl (C=O) groups excluding carboxylic acids is 2. The van der Waals surface area contributed by atoms with Gasteiger partial charge in [0.2, 0.25) is 5.28 Å². The zero-order valence-electron chi connectivity index (χ0n) is 17.1. The molecule has 2 amide bonds. The van der Waals surface area contributed by atoms with Gasteiger partial charge in [-0.15, -0.1) is 5.01 Å². The minimum absolute atomic E-state index is 0.0916. The van der Waals surface area contributed by atoms with Crippen LogP contribution in [0.5, 0.6) is 0 Å². The summed E-state index contributed by atoms with van der Waals surface area (Å²) in [6, 6.07) is 11.3. The maximum absolute atomic E-state index is 13.8. The molecule has 160 valence electrons. The lowest BCUT2D eigenvalue weighted by Gasteiger charge is -2.48.